The molecule has 2 aromatic rings. The van der Waals surface area contributed by atoms with Crippen LogP contribution in [0.3, 0.4) is 0 Å². The molecule has 1 aliphatic carbocycles. The molecule has 3 rings (SSSR count). The molecule has 0 aliphatic heterocycles. The molecule has 0 radical (unpaired) electrons. The number of pyridine rings is 1. The van der Waals surface area contributed by atoms with Crippen molar-refractivity contribution >= 4 is 0 Å². The fourth-order valence-electron chi connectivity index (χ4n) is 4.37. The molecule has 0 bridgehead atoms. The van der Waals surface area contributed by atoms with E-state index in [0.29, 0.717) is 0 Å². The van der Waals surface area contributed by atoms with Gasteiger partial charge in [0.05, 0.1) is 0 Å². The molecule has 0 unspecified atom stereocenters. The highest BCUT2D eigenvalue weighted by Crippen LogP contribution is 2.45. The first-order valence-corrected chi connectivity index (χ1v) is 9.24. The first-order valence-electron chi connectivity index (χ1n) is 9.24. The van der Waals surface area contributed by atoms with E-state index in [-0.39, 0.29) is 10.8 Å². The average Bonchev–Trinajstić information content (AvgIpc) is 2.54. The van der Waals surface area contributed by atoms with E-state index >= 15 is 0 Å². The summed E-state index contributed by atoms with van der Waals surface area (Å²) in [7, 11) is 2.16. The third-order valence-corrected chi connectivity index (χ3v) is 5.98. The zero-order chi connectivity index (χ0) is 17.7. The van der Waals surface area contributed by atoms with E-state index in [1.54, 1.807) is 11.1 Å². The van der Waals surface area contributed by atoms with E-state index in [1.807, 2.05) is 0 Å². The van der Waals surface area contributed by atoms with E-state index in [1.165, 1.54) is 41.6 Å². The summed E-state index contributed by atoms with van der Waals surface area (Å²) in [6.45, 7) is 14.1. The Labute approximate surface area is 147 Å². The van der Waals surface area contributed by atoms with E-state index < -0.39 is 0 Å². The predicted molar refractivity (Wildman–Crippen MR) is 102 cm³/mol. The van der Waals surface area contributed by atoms with E-state index in [2.05, 4.69) is 83.6 Å². The second-order valence-corrected chi connectivity index (χ2v) is 9.04. The number of nitrogens with zero attached hydrogens (tertiary/aromatic N) is 1. The molecule has 1 aromatic heterocycles. The van der Waals surface area contributed by atoms with Crippen LogP contribution in [0.25, 0.3) is 11.3 Å². The molecule has 1 heteroatoms. The first-order chi connectivity index (χ1) is 11.1. The number of hydrogen-bond donors (Lipinski definition) is 0. The summed E-state index contributed by atoms with van der Waals surface area (Å²) in [5.74, 6) is 0. The van der Waals surface area contributed by atoms with Gasteiger partial charge in [0.2, 0.25) is 5.69 Å². The van der Waals surface area contributed by atoms with Crippen LogP contribution in [0.2, 0.25) is 0 Å². The molecule has 0 atom stereocenters. The number of fused-ring (bicyclic) bond motifs is 1. The highest BCUT2D eigenvalue weighted by Gasteiger charge is 2.35. The summed E-state index contributed by atoms with van der Waals surface area (Å²) in [6.07, 6.45) is 6.07. The molecule has 1 aliphatic rings. The molecule has 0 amide bonds. The maximum Gasteiger partial charge on any atom is 0.212 e. The van der Waals surface area contributed by atoms with Crippen LogP contribution in [0, 0.1) is 13.8 Å². The maximum atomic E-state index is 2.49. The molecule has 1 aromatic carbocycles. The zero-order valence-corrected chi connectivity index (χ0v) is 16.5. The quantitative estimate of drug-likeness (QED) is 0.480. The molecule has 0 saturated heterocycles. The van der Waals surface area contributed by atoms with Crippen LogP contribution in [0.15, 0.2) is 30.5 Å². The first kappa shape index (κ1) is 17.2. The van der Waals surface area contributed by atoms with Gasteiger partial charge in [-0.25, -0.2) is 4.57 Å². The van der Waals surface area contributed by atoms with Gasteiger partial charge in [-0.15, -0.1) is 0 Å². The Morgan fingerprint density at radius 2 is 1.46 bits per heavy atom. The SMILES string of the molecule is Cc1ccc(-c2cc3c(cc2C)C(C)(C)CCCC3(C)C)[n+](C)c1. The van der Waals surface area contributed by atoms with Crippen LogP contribution in [0.4, 0.5) is 0 Å². The molecule has 0 fully saturated rings. The smallest absolute Gasteiger partial charge is 0.201 e. The van der Waals surface area contributed by atoms with Crippen molar-refractivity contribution in [1.29, 1.82) is 0 Å². The van der Waals surface area contributed by atoms with Crippen LogP contribution in [0.5, 0.6) is 0 Å². The Morgan fingerprint density at radius 3 is 2.04 bits per heavy atom. The van der Waals surface area contributed by atoms with Gasteiger partial charge in [-0.05, 0) is 66.3 Å². The molecule has 0 spiro atoms. The summed E-state index contributed by atoms with van der Waals surface area (Å²) >= 11 is 0. The average molecular weight is 323 g/mol. The zero-order valence-electron chi connectivity index (χ0n) is 16.5. The van der Waals surface area contributed by atoms with E-state index in [4.69, 9.17) is 0 Å². The van der Waals surface area contributed by atoms with Crippen molar-refractivity contribution in [2.24, 2.45) is 7.05 Å². The maximum absolute atomic E-state index is 2.49. The van der Waals surface area contributed by atoms with Crippen molar-refractivity contribution in [3.63, 3.8) is 0 Å². The van der Waals surface area contributed by atoms with Gasteiger partial charge >= 0.3 is 0 Å². The van der Waals surface area contributed by atoms with Crippen molar-refractivity contribution in [3.05, 3.63) is 52.7 Å². The van der Waals surface area contributed by atoms with Gasteiger partial charge < -0.3 is 0 Å². The minimum absolute atomic E-state index is 0.245. The van der Waals surface area contributed by atoms with Gasteiger partial charge in [0, 0.05) is 17.2 Å². The Bertz CT molecular complexity index is 781. The monoisotopic (exact) mass is 322 g/mol. The van der Waals surface area contributed by atoms with Crippen LogP contribution >= 0.6 is 0 Å². The standard InChI is InChI=1S/C23H32N/c1-16-9-10-21(24(7)15-16)18-14-20-19(13-17(18)2)22(3,4)11-8-12-23(20,5)6/h9-10,13-15H,8,11-12H2,1-7H3/q+1. The van der Waals surface area contributed by atoms with Gasteiger partial charge in [-0.3, -0.25) is 0 Å². The molecule has 1 nitrogen and oxygen atoms in total. The van der Waals surface area contributed by atoms with Gasteiger partial charge in [0.1, 0.15) is 7.05 Å². The molecule has 24 heavy (non-hydrogen) atoms. The van der Waals surface area contributed by atoms with Gasteiger partial charge in [0.15, 0.2) is 6.20 Å². The Balaban J connectivity index is 2.27. The Kier molecular flexibility index (Phi) is 4.10. The van der Waals surface area contributed by atoms with Crippen molar-refractivity contribution in [2.75, 3.05) is 0 Å². The van der Waals surface area contributed by atoms with Crippen molar-refractivity contribution < 1.29 is 4.57 Å². The lowest BCUT2D eigenvalue weighted by Gasteiger charge is -2.31. The summed E-state index contributed by atoms with van der Waals surface area (Å²) < 4.78 is 2.26. The fourth-order valence-corrected chi connectivity index (χ4v) is 4.37. The molecule has 1 heterocycles. The Hall–Kier alpha value is -1.63. The van der Waals surface area contributed by atoms with Crippen LogP contribution in [-0.2, 0) is 17.9 Å². The number of aromatic nitrogens is 1. The third-order valence-electron chi connectivity index (χ3n) is 5.98. The molecule has 0 N–H and O–H groups in total. The summed E-state index contributed by atoms with van der Waals surface area (Å²) in [4.78, 5) is 0. The summed E-state index contributed by atoms with van der Waals surface area (Å²) in [5.41, 5.74) is 8.98. The number of benzene rings is 1. The third kappa shape index (κ3) is 2.90. The predicted octanol–water partition coefficient (Wildman–Crippen LogP) is 5.53. The topological polar surface area (TPSA) is 3.88 Å². The van der Waals surface area contributed by atoms with Gasteiger partial charge in [-0.2, -0.15) is 0 Å². The number of aryl methyl sites for hydroxylation is 3. The lowest BCUT2D eigenvalue weighted by molar-refractivity contribution is -0.660. The van der Waals surface area contributed by atoms with Gasteiger partial charge in [-0.1, -0.05) is 40.2 Å². The van der Waals surface area contributed by atoms with E-state index in [9.17, 15) is 0 Å². The molecular formula is C23H32N+. The van der Waals surface area contributed by atoms with Gasteiger partial charge in [0.25, 0.3) is 0 Å². The molecule has 0 saturated carbocycles. The van der Waals surface area contributed by atoms with Crippen molar-refractivity contribution in [3.8, 4) is 11.3 Å². The lowest BCUT2D eigenvalue weighted by atomic mass is 9.73. The highest BCUT2D eigenvalue weighted by molar-refractivity contribution is 5.65. The molecule has 128 valence electrons. The minimum Gasteiger partial charge on any atom is -0.201 e. The normalized spacial score (nSPS) is 18.8. The largest absolute Gasteiger partial charge is 0.212 e. The second kappa shape index (κ2) is 5.72. The minimum atomic E-state index is 0.245. The van der Waals surface area contributed by atoms with Crippen molar-refractivity contribution in [2.45, 2.75) is 71.6 Å². The number of hydrogen-bond acceptors (Lipinski definition) is 0. The second-order valence-electron chi connectivity index (χ2n) is 9.04. The lowest BCUT2D eigenvalue weighted by Crippen LogP contribution is -2.31. The van der Waals surface area contributed by atoms with Crippen LogP contribution in [0.1, 0.15) is 69.2 Å². The summed E-state index contributed by atoms with van der Waals surface area (Å²) in [5, 5.41) is 0. The molecular weight excluding hydrogens is 290 g/mol. The number of rotatable bonds is 1. The van der Waals surface area contributed by atoms with Crippen LogP contribution < -0.4 is 4.57 Å². The van der Waals surface area contributed by atoms with E-state index in [0.717, 1.165) is 0 Å². The summed E-state index contributed by atoms with van der Waals surface area (Å²) in [6, 6.07) is 9.44. The van der Waals surface area contributed by atoms with Crippen LogP contribution in [-0.4, -0.2) is 0 Å². The Morgan fingerprint density at radius 1 is 0.875 bits per heavy atom. The fraction of sp³-hybridized carbons (Fsp3) is 0.522. The van der Waals surface area contributed by atoms with Crippen molar-refractivity contribution in [1.82, 2.24) is 0 Å². The highest BCUT2D eigenvalue weighted by atomic mass is 14.9.